The molecule has 4 nitrogen and oxygen atoms in total. The van der Waals surface area contributed by atoms with Crippen LogP contribution in [-0.4, -0.2) is 27.5 Å². The minimum atomic E-state index is 0.282. The Balaban J connectivity index is 1.60. The number of aromatic amines is 1. The third kappa shape index (κ3) is 3.80. The maximum atomic E-state index is 5.71. The number of rotatable bonds is 6. The molecule has 1 fully saturated rings. The van der Waals surface area contributed by atoms with Crippen molar-refractivity contribution in [1.82, 2.24) is 14.8 Å². The van der Waals surface area contributed by atoms with Gasteiger partial charge in [0.15, 0.2) is 4.77 Å². The Kier molecular flexibility index (Phi) is 5.33. The van der Waals surface area contributed by atoms with E-state index >= 15 is 0 Å². The molecule has 0 spiro atoms. The molecule has 1 aliphatic heterocycles. The number of H-pyrrole nitrogens is 1. The van der Waals surface area contributed by atoms with Gasteiger partial charge in [0.2, 0.25) is 0 Å². The fourth-order valence-electron chi connectivity index (χ4n) is 2.67. The van der Waals surface area contributed by atoms with Crippen LogP contribution < -0.4 is 0 Å². The van der Waals surface area contributed by atoms with Gasteiger partial charge in [-0.05, 0) is 43.1 Å². The van der Waals surface area contributed by atoms with E-state index in [1.807, 2.05) is 11.8 Å². The van der Waals surface area contributed by atoms with Crippen LogP contribution >= 0.6 is 24.0 Å². The molecule has 0 amide bonds. The van der Waals surface area contributed by atoms with E-state index in [4.69, 9.17) is 17.0 Å². The van der Waals surface area contributed by atoms with E-state index in [2.05, 4.69) is 46.0 Å². The second kappa shape index (κ2) is 7.44. The van der Waals surface area contributed by atoms with Gasteiger partial charge in [-0.15, -0.1) is 11.8 Å². The summed E-state index contributed by atoms with van der Waals surface area (Å²) in [6.07, 6.45) is 2.54. The molecule has 0 saturated carbocycles. The number of hydrogen-bond donors (Lipinski definition) is 1. The number of nitrogens with zero attached hydrogens (tertiary/aromatic N) is 2. The summed E-state index contributed by atoms with van der Waals surface area (Å²) in [6.45, 7) is 3.84. The van der Waals surface area contributed by atoms with Crippen LogP contribution in [0.4, 0.5) is 0 Å². The first-order valence-corrected chi connectivity index (χ1v) is 9.18. The molecule has 22 heavy (non-hydrogen) atoms. The van der Waals surface area contributed by atoms with Gasteiger partial charge in [-0.3, -0.25) is 5.10 Å². The summed E-state index contributed by atoms with van der Waals surface area (Å²) in [4.78, 5) is 0. The van der Waals surface area contributed by atoms with Crippen molar-refractivity contribution in [2.24, 2.45) is 0 Å². The summed E-state index contributed by atoms with van der Waals surface area (Å²) in [5.74, 6) is 2.86. The molecule has 3 rings (SSSR count). The van der Waals surface area contributed by atoms with Gasteiger partial charge in [-0.1, -0.05) is 24.3 Å². The fraction of sp³-hybridized carbons (Fsp3) is 0.500. The third-order valence-corrected chi connectivity index (χ3v) is 5.29. The molecule has 1 aromatic heterocycles. The van der Waals surface area contributed by atoms with Gasteiger partial charge in [-0.25, -0.2) is 0 Å². The van der Waals surface area contributed by atoms with Gasteiger partial charge < -0.3 is 9.30 Å². The first kappa shape index (κ1) is 15.8. The van der Waals surface area contributed by atoms with E-state index in [9.17, 15) is 0 Å². The summed E-state index contributed by atoms with van der Waals surface area (Å²) in [5, 5.41) is 7.30. The van der Waals surface area contributed by atoms with E-state index in [0.717, 1.165) is 43.3 Å². The van der Waals surface area contributed by atoms with Crippen LogP contribution in [0.2, 0.25) is 0 Å². The first-order chi connectivity index (χ1) is 10.7. The molecule has 2 aromatic rings. The number of benzene rings is 1. The van der Waals surface area contributed by atoms with Crippen molar-refractivity contribution >= 4 is 24.0 Å². The van der Waals surface area contributed by atoms with Gasteiger partial charge in [-0.2, -0.15) is 5.10 Å². The van der Waals surface area contributed by atoms with Crippen molar-refractivity contribution in [1.29, 1.82) is 0 Å². The normalized spacial score (nSPS) is 18.0. The highest BCUT2D eigenvalue weighted by Crippen LogP contribution is 2.21. The molecule has 0 radical (unpaired) electrons. The zero-order valence-electron chi connectivity index (χ0n) is 12.7. The van der Waals surface area contributed by atoms with Crippen molar-refractivity contribution in [3.05, 3.63) is 46.0 Å². The topological polar surface area (TPSA) is 42.8 Å². The van der Waals surface area contributed by atoms with Crippen molar-refractivity contribution in [3.8, 4) is 0 Å². The van der Waals surface area contributed by atoms with Crippen LogP contribution in [0.5, 0.6) is 0 Å². The number of aromatic nitrogens is 3. The Bertz CT molecular complexity index is 674. The van der Waals surface area contributed by atoms with Gasteiger partial charge in [0.05, 0.1) is 18.4 Å². The zero-order chi connectivity index (χ0) is 15.4. The Hall–Kier alpha value is -1.11. The standard InChI is InChI=1S/C16H21N3OS2/c1-12-5-2-3-6-13(12)10-22-11-15-17-18-16(21)19(15)9-14-7-4-8-20-14/h2-3,5-6,14H,4,7-11H2,1H3,(H,18,21). The summed E-state index contributed by atoms with van der Waals surface area (Å²) in [5.41, 5.74) is 2.72. The molecule has 0 bridgehead atoms. The van der Waals surface area contributed by atoms with E-state index in [1.54, 1.807) is 0 Å². The quantitative estimate of drug-likeness (QED) is 0.814. The SMILES string of the molecule is Cc1ccccc1CSCc1n[nH]c(=S)n1CC1CCCO1. The predicted octanol–water partition coefficient (Wildman–Crippen LogP) is 3.86. The molecule has 6 heteroatoms. The van der Waals surface area contributed by atoms with E-state index < -0.39 is 0 Å². The van der Waals surface area contributed by atoms with Crippen molar-refractivity contribution in [3.63, 3.8) is 0 Å². The largest absolute Gasteiger partial charge is 0.376 e. The molecular weight excluding hydrogens is 314 g/mol. The van der Waals surface area contributed by atoms with Gasteiger partial charge >= 0.3 is 0 Å². The zero-order valence-corrected chi connectivity index (χ0v) is 14.4. The molecule has 1 aliphatic rings. The van der Waals surface area contributed by atoms with Crippen LogP contribution in [0.15, 0.2) is 24.3 Å². The highest BCUT2D eigenvalue weighted by molar-refractivity contribution is 7.97. The fourth-order valence-corrected chi connectivity index (χ4v) is 3.94. The second-order valence-electron chi connectivity index (χ2n) is 5.61. The molecule has 1 atom stereocenters. The molecule has 1 saturated heterocycles. The lowest BCUT2D eigenvalue weighted by Crippen LogP contribution is -2.17. The van der Waals surface area contributed by atoms with E-state index in [0.29, 0.717) is 4.77 Å². The minimum Gasteiger partial charge on any atom is -0.376 e. The lowest BCUT2D eigenvalue weighted by Gasteiger charge is -2.12. The Morgan fingerprint density at radius 1 is 1.41 bits per heavy atom. The van der Waals surface area contributed by atoms with Gasteiger partial charge in [0, 0.05) is 12.4 Å². The summed E-state index contributed by atoms with van der Waals surface area (Å²) in [6, 6.07) is 8.52. The Morgan fingerprint density at radius 2 is 2.27 bits per heavy atom. The molecule has 0 aliphatic carbocycles. The lowest BCUT2D eigenvalue weighted by atomic mass is 10.1. The van der Waals surface area contributed by atoms with Crippen molar-refractivity contribution in [2.75, 3.05) is 6.61 Å². The summed E-state index contributed by atoms with van der Waals surface area (Å²) >= 11 is 7.22. The maximum Gasteiger partial charge on any atom is 0.195 e. The molecule has 118 valence electrons. The average molecular weight is 335 g/mol. The van der Waals surface area contributed by atoms with Crippen LogP contribution in [0.25, 0.3) is 0 Å². The summed E-state index contributed by atoms with van der Waals surface area (Å²) < 4.78 is 8.50. The molecule has 2 heterocycles. The number of aryl methyl sites for hydroxylation is 1. The van der Waals surface area contributed by atoms with Gasteiger partial charge in [0.1, 0.15) is 5.82 Å². The molecule has 1 unspecified atom stereocenters. The predicted molar refractivity (Wildman–Crippen MR) is 92.6 cm³/mol. The lowest BCUT2D eigenvalue weighted by molar-refractivity contribution is 0.0960. The van der Waals surface area contributed by atoms with E-state index in [-0.39, 0.29) is 6.10 Å². The average Bonchev–Trinajstić information content (AvgIpc) is 3.14. The summed E-state index contributed by atoms with van der Waals surface area (Å²) in [7, 11) is 0. The molecule has 1 aromatic carbocycles. The number of thioether (sulfide) groups is 1. The van der Waals surface area contributed by atoms with Crippen LogP contribution in [0, 0.1) is 11.7 Å². The van der Waals surface area contributed by atoms with Gasteiger partial charge in [0.25, 0.3) is 0 Å². The number of nitrogens with one attached hydrogen (secondary N) is 1. The maximum absolute atomic E-state index is 5.71. The van der Waals surface area contributed by atoms with Crippen LogP contribution in [-0.2, 0) is 22.8 Å². The van der Waals surface area contributed by atoms with Crippen LogP contribution in [0.1, 0.15) is 29.8 Å². The Labute approximate surface area is 140 Å². The van der Waals surface area contributed by atoms with Crippen LogP contribution in [0.3, 0.4) is 0 Å². The smallest absolute Gasteiger partial charge is 0.195 e. The molecular formula is C16H21N3OS2. The number of ether oxygens (including phenoxy) is 1. The molecule has 1 N–H and O–H groups in total. The second-order valence-corrected chi connectivity index (χ2v) is 6.98. The van der Waals surface area contributed by atoms with Crippen molar-refractivity contribution in [2.45, 2.75) is 43.9 Å². The minimum absolute atomic E-state index is 0.282. The third-order valence-electron chi connectivity index (χ3n) is 4.00. The van der Waals surface area contributed by atoms with E-state index in [1.165, 1.54) is 11.1 Å². The first-order valence-electron chi connectivity index (χ1n) is 7.62. The highest BCUT2D eigenvalue weighted by Gasteiger charge is 2.18. The van der Waals surface area contributed by atoms with Crippen molar-refractivity contribution < 1.29 is 4.74 Å². The Morgan fingerprint density at radius 3 is 3.05 bits per heavy atom. The number of hydrogen-bond acceptors (Lipinski definition) is 4. The monoisotopic (exact) mass is 335 g/mol. The highest BCUT2D eigenvalue weighted by atomic mass is 32.2.